The Balaban J connectivity index is 2.23. The highest BCUT2D eigenvalue weighted by Gasteiger charge is 2.10. The smallest absolute Gasteiger partial charge is 0.255 e. The third kappa shape index (κ3) is 2.91. The van der Waals surface area contributed by atoms with E-state index in [-0.39, 0.29) is 5.91 Å². The van der Waals surface area contributed by atoms with E-state index < -0.39 is 0 Å². The number of hydrogen-bond donors (Lipinski definition) is 2. The van der Waals surface area contributed by atoms with Gasteiger partial charge in [-0.25, -0.2) is 0 Å². The first kappa shape index (κ1) is 13.1. The van der Waals surface area contributed by atoms with Crippen molar-refractivity contribution in [1.82, 2.24) is 4.98 Å². The van der Waals surface area contributed by atoms with Crippen LogP contribution in [-0.2, 0) is 0 Å². The third-order valence-electron chi connectivity index (χ3n) is 3.05. The van der Waals surface area contributed by atoms with Gasteiger partial charge < -0.3 is 10.6 Å². The molecule has 2 rings (SSSR count). The number of carbonyl (C=O) groups excluding carboxylic acids is 1. The Kier molecular flexibility index (Phi) is 3.80. The van der Waals surface area contributed by atoms with Crippen molar-refractivity contribution in [2.75, 3.05) is 17.7 Å². The minimum Gasteiger partial charge on any atom is -0.388 e. The van der Waals surface area contributed by atoms with Crippen molar-refractivity contribution < 1.29 is 4.79 Å². The summed E-state index contributed by atoms with van der Waals surface area (Å²) in [6, 6.07) is 7.53. The first-order chi connectivity index (χ1) is 9.11. The van der Waals surface area contributed by atoms with Crippen LogP contribution in [0.25, 0.3) is 0 Å². The van der Waals surface area contributed by atoms with E-state index in [1.807, 2.05) is 45.2 Å². The summed E-state index contributed by atoms with van der Waals surface area (Å²) in [6.45, 7) is 3.86. The molecule has 0 spiro atoms. The number of rotatable bonds is 3. The Labute approximate surface area is 112 Å². The zero-order valence-corrected chi connectivity index (χ0v) is 11.3. The number of aryl methyl sites for hydroxylation is 2. The lowest BCUT2D eigenvalue weighted by atomic mass is 10.1. The van der Waals surface area contributed by atoms with E-state index in [1.165, 1.54) is 0 Å². The topological polar surface area (TPSA) is 54.0 Å². The number of aromatic nitrogens is 1. The van der Waals surface area contributed by atoms with E-state index in [1.54, 1.807) is 12.4 Å². The lowest BCUT2D eigenvalue weighted by molar-refractivity contribution is 0.102. The van der Waals surface area contributed by atoms with Crippen molar-refractivity contribution in [2.45, 2.75) is 13.8 Å². The summed E-state index contributed by atoms with van der Waals surface area (Å²) in [7, 11) is 1.85. The normalized spacial score (nSPS) is 10.1. The average molecular weight is 255 g/mol. The van der Waals surface area contributed by atoms with Crippen molar-refractivity contribution in [1.29, 1.82) is 0 Å². The predicted octanol–water partition coefficient (Wildman–Crippen LogP) is 2.99. The third-order valence-corrected chi connectivity index (χ3v) is 3.05. The quantitative estimate of drug-likeness (QED) is 0.886. The molecule has 4 heteroatoms. The van der Waals surface area contributed by atoms with Crippen LogP contribution in [0, 0.1) is 13.8 Å². The Bertz CT molecular complexity index is 608. The van der Waals surface area contributed by atoms with Gasteiger partial charge in [-0.3, -0.25) is 9.78 Å². The van der Waals surface area contributed by atoms with Crippen LogP contribution in [0.1, 0.15) is 21.5 Å². The minimum atomic E-state index is -0.115. The van der Waals surface area contributed by atoms with Crippen LogP contribution < -0.4 is 10.6 Å². The zero-order valence-electron chi connectivity index (χ0n) is 11.3. The number of hydrogen-bond acceptors (Lipinski definition) is 3. The molecule has 98 valence electrons. The van der Waals surface area contributed by atoms with Crippen LogP contribution in [0.2, 0.25) is 0 Å². The van der Waals surface area contributed by atoms with E-state index >= 15 is 0 Å². The van der Waals surface area contributed by atoms with Crippen LogP contribution in [0.4, 0.5) is 11.4 Å². The molecular formula is C15H17N3O. The van der Waals surface area contributed by atoms with Gasteiger partial charge in [-0.05, 0) is 49.2 Å². The fourth-order valence-electron chi connectivity index (χ4n) is 1.86. The zero-order chi connectivity index (χ0) is 13.8. The van der Waals surface area contributed by atoms with E-state index in [2.05, 4.69) is 15.6 Å². The fourth-order valence-corrected chi connectivity index (χ4v) is 1.86. The molecule has 0 atom stereocenters. The molecule has 0 fully saturated rings. The van der Waals surface area contributed by atoms with Gasteiger partial charge in [0, 0.05) is 24.5 Å². The van der Waals surface area contributed by atoms with E-state index in [0.717, 1.165) is 22.5 Å². The standard InChI is InChI=1S/C15H17N3O/c1-10-6-7-17-9-14(10)18-15(19)13-5-4-12(16-3)8-11(13)2/h4-9,16H,1-3H3,(H,18,19). The second-order valence-corrected chi connectivity index (χ2v) is 4.42. The Morgan fingerprint density at radius 2 is 1.95 bits per heavy atom. The molecule has 0 aliphatic heterocycles. The minimum absolute atomic E-state index is 0.115. The first-order valence-electron chi connectivity index (χ1n) is 6.12. The highest BCUT2D eigenvalue weighted by Crippen LogP contribution is 2.18. The summed E-state index contributed by atoms with van der Waals surface area (Å²) >= 11 is 0. The molecule has 0 unspecified atom stereocenters. The van der Waals surface area contributed by atoms with Gasteiger partial charge in [0.1, 0.15) is 0 Å². The molecule has 1 aromatic carbocycles. The molecule has 1 amide bonds. The number of carbonyl (C=O) groups is 1. The second kappa shape index (κ2) is 5.52. The molecule has 0 saturated heterocycles. The Hall–Kier alpha value is -2.36. The predicted molar refractivity (Wildman–Crippen MR) is 77.7 cm³/mol. The van der Waals surface area contributed by atoms with Gasteiger partial charge in [-0.15, -0.1) is 0 Å². The van der Waals surface area contributed by atoms with E-state index in [4.69, 9.17) is 0 Å². The van der Waals surface area contributed by atoms with Crippen LogP contribution in [0.15, 0.2) is 36.7 Å². The van der Waals surface area contributed by atoms with Crippen molar-refractivity contribution in [3.63, 3.8) is 0 Å². The van der Waals surface area contributed by atoms with Crippen LogP contribution >= 0.6 is 0 Å². The maximum Gasteiger partial charge on any atom is 0.255 e. The van der Waals surface area contributed by atoms with Gasteiger partial charge >= 0.3 is 0 Å². The van der Waals surface area contributed by atoms with Crippen molar-refractivity contribution in [2.24, 2.45) is 0 Å². The molecular weight excluding hydrogens is 238 g/mol. The number of nitrogens with one attached hydrogen (secondary N) is 2. The summed E-state index contributed by atoms with van der Waals surface area (Å²) < 4.78 is 0. The molecule has 2 N–H and O–H groups in total. The highest BCUT2D eigenvalue weighted by molar-refractivity contribution is 6.05. The van der Waals surface area contributed by atoms with Gasteiger partial charge in [0.05, 0.1) is 11.9 Å². The molecule has 0 saturated carbocycles. The molecule has 0 bridgehead atoms. The summed E-state index contributed by atoms with van der Waals surface area (Å²) in [5.74, 6) is -0.115. The summed E-state index contributed by atoms with van der Waals surface area (Å²) in [5, 5.41) is 5.93. The van der Waals surface area contributed by atoms with Gasteiger partial charge in [0.2, 0.25) is 0 Å². The molecule has 2 aromatic rings. The SMILES string of the molecule is CNc1ccc(C(=O)Nc2cnccc2C)c(C)c1. The maximum absolute atomic E-state index is 12.2. The van der Waals surface area contributed by atoms with Crippen molar-refractivity contribution in [3.8, 4) is 0 Å². The van der Waals surface area contributed by atoms with Crippen LogP contribution in [-0.4, -0.2) is 17.9 Å². The fraction of sp³-hybridized carbons (Fsp3) is 0.200. The van der Waals surface area contributed by atoms with E-state index in [0.29, 0.717) is 5.56 Å². The first-order valence-corrected chi connectivity index (χ1v) is 6.12. The van der Waals surface area contributed by atoms with Crippen molar-refractivity contribution >= 4 is 17.3 Å². The molecule has 0 radical (unpaired) electrons. The van der Waals surface area contributed by atoms with Gasteiger partial charge in [-0.1, -0.05) is 0 Å². The van der Waals surface area contributed by atoms with Gasteiger partial charge in [0.15, 0.2) is 0 Å². The van der Waals surface area contributed by atoms with Gasteiger partial charge in [-0.2, -0.15) is 0 Å². The largest absolute Gasteiger partial charge is 0.388 e. The molecule has 1 aromatic heterocycles. The number of pyridine rings is 1. The average Bonchev–Trinajstić information content (AvgIpc) is 2.41. The van der Waals surface area contributed by atoms with Crippen LogP contribution in [0.3, 0.4) is 0 Å². The summed E-state index contributed by atoms with van der Waals surface area (Å²) in [5.41, 5.74) is 4.33. The molecule has 19 heavy (non-hydrogen) atoms. The van der Waals surface area contributed by atoms with E-state index in [9.17, 15) is 4.79 Å². The number of benzene rings is 1. The monoisotopic (exact) mass is 255 g/mol. The maximum atomic E-state index is 12.2. The van der Waals surface area contributed by atoms with Crippen molar-refractivity contribution in [3.05, 3.63) is 53.3 Å². The Morgan fingerprint density at radius 1 is 1.16 bits per heavy atom. The number of nitrogens with zero attached hydrogens (tertiary/aromatic N) is 1. The summed E-state index contributed by atoms with van der Waals surface area (Å²) in [6.07, 6.45) is 3.36. The van der Waals surface area contributed by atoms with Crippen LogP contribution in [0.5, 0.6) is 0 Å². The molecule has 4 nitrogen and oxygen atoms in total. The summed E-state index contributed by atoms with van der Waals surface area (Å²) in [4.78, 5) is 16.2. The lowest BCUT2D eigenvalue weighted by Crippen LogP contribution is -2.14. The number of amides is 1. The molecule has 1 heterocycles. The molecule has 0 aliphatic rings. The second-order valence-electron chi connectivity index (χ2n) is 4.42. The van der Waals surface area contributed by atoms with Gasteiger partial charge in [0.25, 0.3) is 5.91 Å². The lowest BCUT2D eigenvalue weighted by Gasteiger charge is -2.10. The highest BCUT2D eigenvalue weighted by atomic mass is 16.1. The number of anilines is 2. The molecule has 0 aliphatic carbocycles. The Morgan fingerprint density at radius 3 is 2.58 bits per heavy atom.